The first kappa shape index (κ1) is 42.2. The van der Waals surface area contributed by atoms with Crippen LogP contribution in [0.4, 0.5) is 0 Å². The normalized spacial score (nSPS) is 29.6. The fourth-order valence-corrected chi connectivity index (χ4v) is 7.68. The minimum Gasteiger partial charge on any atom is -0.459 e. The molecule has 8 rings (SSSR count). The number of ether oxygens (including phenoxy) is 11. The quantitative estimate of drug-likeness (QED) is 0.126. The van der Waals surface area contributed by atoms with Gasteiger partial charge in [-0.3, -0.25) is 0 Å². The maximum atomic E-state index is 14.0. The summed E-state index contributed by atoms with van der Waals surface area (Å²) >= 11 is 0. The van der Waals surface area contributed by atoms with Crippen molar-refractivity contribution in [3.05, 3.63) is 144 Å². The second-order valence-corrected chi connectivity index (χ2v) is 15.8. The summed E-state index contributed by atoms with van der Waals surface area (Å²) in [6, 6.07) is 32.6. The highest BCUT2D eigenvalue weighted by molar-refractivity contribution is 5.91. The molecule has 0 N–H and O–H groups in total. The van der Waals surface area contributed by atoms with Gasteiger partial charge in [-0.25, -0.2) is 19.2 Å². The largest absolute Gasteiger partial charge is 0.459 e. The minimum atomic E-state index is -1.60. The van der Waals surface area contributed by atoms with Crippen LogP contribution in [0.1, 0.15) is 69.1 Å². The first-order valence-corrected chi connectivity index (χ1v) is 20.0. The van der Waals surface area contributed by atoms with Crippen LogP contribution in [0.15, 0.2) is 121 Å². The first-order valence-electron chi connectivity index (χ1n) is 20.0. The molecule has 61 heavy (non-hydrogen) atoms. The van der Waals surface area contributed by atoms with Crippen LogP contribution in [0.25, 0.3) is 0 Å². The van der Waals surface area contributed by atoms with Crippen LogP contribution in [0, 0.1) is 0 Å². The summed E-state index contributed by atoms with van der Waals surface area (Å²) in [6.07, 6.45) is -11.3. The van der Waals surface area contributed by atoms with Gasteiger partial charge >= 0.3 is 23.9 Å². The van der Waals surface area contributed by atoms with Crippen molar-refractivity contribution in [3.63, 3.8) is 0 Å². The lowest BCUT2D eigenvalue weighted by atomic mass is 9.97. The van der Waals surface area contributed by atoms with Gasteiger partial charge in [0, 0.05) is 0 Å². The third-order valence-electron chi connectivity index (χ3n) is 10.4. The van der Waals surface area contributed by atoms with Crippen molar-refractivity contribution >= 4 is 23.9 Å². The molecule has 0 aliphatic carbocycles. The predicted octanol–water partition coefficient (Wildman–Crippen LogP) is 5.66. The molecule has 4 heterocycles. The van der Waals surface area contributed by atoms with Crippen molar-refractivity contribution in [3.8, 4) is 0 Å². The molecule has 0 unspecified atom stereocenters. The van der Waals surface area contributed by atoms with Crippen molar-refractivity contribution in [2.75, 3.05) is 13.2 Å². The molecule has 0 saturated carbocycles. The fraction of sp³-hybridized carbons (Fsp3) is 0.391. The summed E-state index contributed by atoms with van der Waals surface area (Å²) in [7, 11) is 0. The lowest BCUT2D eigenvalue weighted by Crippen LogP contribution is -2.64. The molecular formula is C46H46O15. The highest BCUT2D eigenvalue weighted by Gasteiger charge is 2.61. The zero-order valence-electron chi connectivity index (χ0n) is 33.9. The number of fused-ring (bicyclic) bond motifs is 3. The monoisotopic (exact) mass is 838 g/mol. The SMILES string of the molecule is CC1(C)O[C@H]2O[C@H](CO[C@H]3O[C@H](COC(=O)c4ccccc4)[C@@H](OC(=O)c4ccccc4)[C@H](OC(=O)c4ccccc4)[C@@H]3OC(=O)c3ccccc3)[C@H]3OC(C)(C)O[C@@H]3[C@H]2O1. The molecule has 0 aromatic heterocycles. The maximum absolute atomic E-state index is 14.0. The van der Waals surface area contributed by atoms with Crippen molar-refractivity contribution in [2.24, 2.45) is 0 Å². The molecular weight excluding hydrogens is 792 g/mol. The third-order valence-corrected chi connectivity index (χ3v) is 10.4. The fourth-order valence-electron chi connectivity index (χ4n) is 7.68. The molecule has 4 fully saturated rings. The van der Waals surface area contributed by atoms with Crippen LogP contribution in [0.2, 0.25) is 0 Å². The zero-order chi connectivity index (χ0) is 42.7. The van der Waals surface area contributed by atoms with Gasteiger partial charge in [-0.15, -0.1) is 0 Å². The van der Waals surface area contributed by atoms with Gasteiger partial charge in [-0.1, -0.05) is 72.8 Å². The summed E-state index contributed by atoms with van der Waals surface area (Å²) in [5.74, 6) is -5.18. The van der Waals surface area contributed by atoms with E-state index in [9.17, 15) is 19.2 Å². The predicted molar refractivity (Wildman–Crippen MR) is 211 cm³/mol. The topological polar surface area (TPSA) is 170 Å². The Morgan fingerprint density at radius 3 is 1.41 bits per heavy atom. The Kier molecular flexibility index (Phi) is 12.3. The molecule has 4 aliphatic heterocycles. The maximum Gasteiger partial charge on any atom is 0.338 e. The van der Waals surface area contributed by atoms with Crippen molar-refractivity contribution in [2.45, 2.75) is 101 Å². The van der Waals surface area contributed by atoms with E-state index in [1.54, 1.807) is 137 Å². The Labute approximate surface area is 352 Å². The first-order chi connectivity index (χ1) is 29.3. The van der Waals surface area contributed by atoms with Gasteiger partial charge in [0.05, 0.1) is 28.9 Å². The summed E-state index contributed by atoms with van der Waals surface area (Å²) in [6.45, 7) is 6.29. The van der Waals surface area contributed by atoms with Crippen LogP contribution in [0.3, 0.4) is 0 Å². The highest BCUT2D eigenvalue weighted by atomic mass is 16.9. The molecule has 4 aromatic carbocycles. The summed E-state index contributed by atoms with van der Waals surface area (Å²) < 4.78 is 68.4. The third kappa shape index (κ3) is 9.68. The van der Waals surface area contributed by atoms with Crippen molar-refractivity contribution < 1.29 is 71.3 Å². The number of carbonyl (C=O) groups is 4. The molecule has 0 radical (unpaired) electrons. The van der Waals surface area contributed by atoms with E-state index in [-0.39, 0.29) is 28.9 Å². The number of rotatable bonds is 12. The average molecular weight is 839 g/mol. The van der Waals surface area contributed by atoms with E-state index >= 15 is 0 Å². The molecule has 320 valence electrons. The van der Waals surface area contributed by atoms with Crippen LogP contribution in [-0.4, -0.2) is 110 Å². The number of carbonyl (C=O) groups excluding carboxylic acids is 4. The summed E-state index contributed by atoms with van der Waals surface area (Å²) in [5.41, 5.74) is 0.724. The van der Waals surface area contributed by atoms with Gasteiger partial charge in [0.25, 0.3) is 0 Å². The number of benzene rings is 4. The van der Waals surface area contributed by atoms with Crippen molar-refractivity contribution in [1.29, 1.82) is 0 Å². The van der Waals surface area contributed by atoms with E-state index in [1.165, 1.54) is 12.1 Å². The molecule has 10 atom stereocenters. The van der Waals surface area contributed by atoms with E-state index < -0.39 is 103 Å². The Morgan fingerprint density at radius 1 is 0.459 bits per heavy atom. The number of esters is 4. The Balaban J connectivity index is 1.16. The number of hydrogen-bond acceptors (Lipinski definition) is 15. The van der Waals surface area contributed by atoms with Crippen molar-refractivity contribution in [1.82, 2.24) is 0 Å². The molecule has 0 spiro atoms. The molecule has 15 heteroatoms. The van der Waals surface area contributed by atoms with Gasteiger partial charge in [0.1, 0.15) is 37.1 Å². The lowest BCUT2D eigenvalue weighted by Gasteiger charge is -2.45. The van der Waals surface area contributed by atoms with Crippen LogP contribution in [0.5, 0.6) is 0 Å². The Bertz CT molecular complexity index is 2150. The lowest BCUT2D eigenvalue weighted by molar-refractivity contribution is -0.313. The Hall–Kier alpha value is -5.52. The molecule has 4 saturated heterocycles. The standard InChI is InChI=1S/C46H46O15/c1-45(2)58-34-32(54-44-38(36(34)59-45)60-46(3,4)61-44)26-52-43-37(57-42(50)30-23-15-8-16-24-30)35(56-41(49)29-21-13-7-14-22-29)33(55-40(48)28-19-11-6-12-20-28)31(53-43)25-51-39(47)27-17-9-5-10-18-27/h5-24,31-38,43-44H,25-26H2,1-4H3/t31-,32-,33-,34-,35+,36+,37+,38-,43+,44-/m1/s1. The minimum absolute atomic E-state index is 0.152. The molecule has 0 bridgehead atoms. The van der Waals surface area contributed by atoms with E-state index in [0.717, 1.165) is 0 Å². The van der Waals surface area contributed by atoms with Crippen LogP contribution in [-0.2, 0) is 52.1 Å². The van der Waals surface area contributed by atoms with Crippen LogP contribution < -0.4 is 0 Å². The van der Waals surface area contributed by atoms with Gasteiger partial charge in [-0.05, 0) is 76.2 Å². The summed E-state index contributed by atoms with van der Waals surface area (Å²) in [5, 5.41) is 0. The van der Waals surface area contributed by atoms with Gasteiger partial charge < -0.3 is 52.1 Å². The van der Waals surface area contributed by atoms with Crippen LogP contribution >= 0.6 is 0 Å². The summed E-state index contributed by atoms with van der Waals surface area (Å²) in [4.78, 5) is 55.1. The van der Waals surface area contributed by atoms with Gasteiger partial charge in [-0.2, -0.15) is 0 Å². The second kappa shape index (κ2) is 17.8. The second-order valence-electron chi connectivity index (χ2n) is 15.8. The molecule has 15 nitrogen and oxygen atoms in total. The molecule has 4 aromatic rings. The molecule has 0 amide bonds. The van der Waals surface area contributed by atoms with E-state index in [1.807, 2.05) is 0 Å². The number of hydrogen-bond donors (Lipinski definition) is 0. The molecule has 4 aliphatic rings. The average Bonchev–Trinajstić information content (AvgIpc) is 3.78. The van der Waals surface area contributed by atoms with Gasteiger partial charge in [0.15, 0.2) is 42.5 Å². The van der Waals surface area contributed by atoms with E-state index in [0.29, 0.717) is 0 Å². The zero-order valence-corrected chi connectivity index (χ0v) is 33.9. The van der Waals surface area contributed by atoms with Gasteiger partial charge in [0.2, 0.25) is 0 Å². The Morgan fingerprint density at radius 2 is 0.885 bits per heavy atom. The van der Waals surface area contributed by atoms with E-state index in [4.69, 9.17) is 52.1 Å². The van der Waals surface area contributed by atoms with E-state index in [2.05, 4.69) is 0 Å². The highest BCUT2D eigenvalue weighted by Crippen LogP contribution is 2.44. The smallest absolute Gasteiger partial charge is 0.338 e.